The number of esters is 1. The van der Waals surface area contributed by atoms with E-state index in [-0.39, 0.29) is 6.54 Å². The van der Waals surface area contributed by atoms with Gasteiger partial charge in [-0.15, -0.1) is 0 Å². The molecule has 0 atom stereocenters. The van der Waals surface area contributed by atoms with Crippen LogP contribution in [0.15, 0.2) is 18.3 Å². The fourth-order valence-electron chi connectivity index (χ4n) is 1.98. The lowest BCUT2D eigenvalue weighted by atomic mass is 10.1. The number of rotatable bonds is 2. The number of ether oxygens (including phenoxy) is 2. The van der Waals surface area contributed by atoms with Gasteiger partial charge in [-0.2, -0.15) is 5.10 Å². The summed E-state index contributed by atoms with van der Waals surface area (Å²) in [5.74, 6) is 5.24. The average molecular weight is 329 g/mol. The topological polar surface area (TPSA) is 93.3 Å². The standard InChI is InChI=1S/C17H19N3O4/c1-17(2,3)24-16(22)18-7-5-6-11-8-12(15(21)23-4)13-10-19-20-14(13)9-11/h8-10H,7H2,1-4H3,(H,18,22)(H,19,20). The number of carbonyl (C=O) groups excluding carboxylic acids is 2. The molecule has 0 saturated heterocycles. The summed E-state index contributed by atoms with van der Waals surface area (Å²) >= 11 is 0. The molecule has 1 heterocycles. The van der Waals surface area contributed by atoms with Crippen molar-refractivity contribution in [1.29, 1.82) is 0 Å². The van der Waals surface area contributed by atoms with Gasteiger partial charge < -0.3 is 14.8 Å². The van der Waals surface area contributed by atoms with E-state index < -0.39 is 17.7 Å². The number of methoxy groups -OCH3 is 1. The number of nitrogens with one attached hydrogen (secondary N) is 2. The second-order valence-electron chi connectivity index (χ2n) is 6.00. The van der Waals surface area contributed by atoms with Crippen LogP contribution in [0, 0.1) is 11.8 Å². The van der Waals surface area contributed by atoms with Crippen LogP contribution in [-0.2, 0) is 9.47 Å². The van der Waals surface area contributed by atoms with Crippen molar-refractivity contribution in [3.8, 4) is 11.8 Å². The highest BCUT2D eigenvalue weighted by molar-refractivity contribution is 6.03. The fraction of sp³-hybridized carbons (Fsp3) is 0.353. The van der Waals surface area contributed by atoms with Crippen molar-refractivity contribution in [2.45, 2.75) is 26.4 Å². The van der Waals surface area contributed by atoms with Crippen molar-refractivity contribution >= 4 is 23.0 Å². The minimum atomic E-state index is -0.557. The van der Waals surface area contributed by atoms with Crippen LogP contribution in [0.3, 0.4) is 0 Å². The monoisotopic (exact) mass is 329 g/mol. The number of amides is 1. The second kappa shape index (κ2) is 7.04. The van der Waals surface area contributed by atoms with Crippen molar-refractivity contribution < 1.29 is 19.1 Å². The molecule has 0 unspecified atom stereocenters. The summed E-state index contributed by atoms with van der Waals surface area (Å²) < 4.78 is 9.88. The van der Waals surface area contributed by atoms with Gasteiger partial charge in [-0.05, 0) is 32.9 Å². The maximum atomic E-state index is 11.8. The summed E-state index contributed by atoms with van der Waals surface area (Å²) in [6.45, 7) is 5.48. The van der Waals surface area contributed by atoms with Gasteiger partial charge in [0.1, 0.15) is 5.60 Å². The molecule has 1 amide bonds. The molecule has 1 aromatic heterocycles. The van der Waals surface area contributed by atoms with Crippen LogP contribution >= 0.6 is 0 Å². The Morgan fingerprint density at radius 2 is 2.08 bits per heavy atom. The van der Waals surface area contributed by atoms with E-state index in [0.717, 1.165) is 0 Å². The zero-order valence-corrected chi connectivity index (χ0v) is 14.0. The zero-order valence-electron chi connectivity index (χ0n) is 14.0. The number of aromatic nitrogens is 2. The number of aromatic amines is 1. The first-order valence-corrected chi connectivity index (χ1v) is 7.31. The molecule has 0 radical (unpaired) electrons. The number of carbonyl (C=O) groups is 2. The highest BCUT2D eigenvalue weighted by Crippen LogP contribution is 2.19. The van der Waals surface area contributed by atoms with E-state index in [9.17, 15) is 9.59 Å². The number of hydrogen-bond acceptors (Lipinski definition) is 5. The van der Waals surface area contributed by atoms with E-state index in [2.05, 4.69) is 27.4 Å². The van der Waals surface area contributed by atoms with Crippen molar-refractivity contribution in [3.05, 3.63) is 29.5 Å². The van der Waals surface area contributed by atoms with Crippen molar-refractivity contribution in [1.82, 2.24) is 15.5 Å². The Hall–Kier alpha value is -3.01. The Morgan fingerprint density at radius 3 is 2.75 bits per heavy atom. The Morgan fingerprint density at radius 1 is 1.33 bits per heavy atom. The molecule has 126 valence electrons. The number of nitrogens with zero attached hydrogens (tertiary/aromatic N) is 1. The summed E-state index contributed by atoms with van der Waals surface area (Å²) in [7, 11) is 1.32. The molecule has 0 saturated carbocycles. The highest BCUT2D eigenvalue weighted by Gasteiger charge is 2.15. The number of H-pyrrole nitrogens is 1. The number of hydrogen-bond donors (Lipinski definition) is 2. The summed E-state index contributed by atoms with van der Waals surface area (Å²) in [5.41, 5.74) is 1.12. The SMILES string of the molecule is COC(=O)c1cc(C#CCNC(=O)OC(C)(C)C)cc2[nH]ncc12. The third kappa shape index (κ3) is 4.49. The lowest BCUT2D eigenvalue weighted by molar-refractivity contribution is 0.0533. The van der Waals surface area contributed by atoms with E-state index in [1.165, 1.54) is 7.11 Å². The van der Waals surface area contributed by atoms with Crippen molar-refractivity contribution in [3.63, 3.8) is 0 Å². The molecule has 1 aromatic carbocycles. The predicted octanol–water partition coefficient (Wildman–Crippen LogP) is 2.23. The lowest BCUT2D eigenvalue weighted by Gasteiger charge is -2.19. The van der Waals surface area contributed by atoms with Crippen LogP contribution < -0.4 is 5.32 Å². The molecule has 2 rings (SSSR count). The van der Waals surface area contributed by atoms with Gasteiger partial charge in [0.05, 0.1) is 30.9 Å². The maximum Gasteiger partial charge on any atom is 0.408 e. The van der Waals surface area contributed by atoms with Crippen molar-refractivity contribution in [2.75, 3.05) is 13.7 Å². The molecule has 0 spiro atoms. The molecule has 0 aliphatic rings. The summed E-state index contributed by atoms with van der Waals surface area (Å²) in [5, 5.41) is 9.93. The molecule has 0 bridgehead atoms. The minimum Gasteiger partial charge on any atom is -0.465 e. The van der Waals surface area contributed by atoms with Gasteiger partial charge in [0, 0.05) is 10.9 Å². The number of fused-ring (bicyclic) bond motifs is 1. The lowest BCUT2D eigenvalue weighted by Crippen LogP contribution is -2.32. The molecule has 0 fully saturated rings. The maximum absolute atomic E-state index is 11.8. The van der Waals surface area contributed by atoms with E-state index in [0.29, 0.717) is 22.0 Å². The van der Waals surface area contributed by atoms with E-state index in [1.807, 2.05) is 0 Å². The molecule has 7 heteroatoms. The number of alkyl carbamates (subject to hydrolysis) is 1. The molecule has 7 nitrogen and oxygen atoms in total. The first kappa shape index (κ1) is 17.3. The summed E-state index contributed by atoms with van der Waals surface area (Å²) in [4.78, 5) is 23.4. The second-order valence-corrected chi connectivity index (χ2v) is 6.00. The Bertz CT molecular complexity index is 822. The third-order valence-electron chi connectivity index (χ3n) is 2.92. The molecule has 0 aliphatic heterocycles. The average Bonchev–Trinajstić information content (AvgIpc) is 2.96. The molecule has 2 aromatic rings. The first-order valence-electron chi connectivity index (χ1n) is 7.31. The molecule has 24 heavy (non-hydrogen) atoms. The largest absolute Gasteiger partial charge is 0.465 e. The third-order valence-corrected chi connectivity index (χ3v) is 2.92. The van der Waals surface area contributed by atoms with Gasteiger partial charge >= 0.3 is 12.1 Å². The van der Waals surface area contributed by atoms with Gasteiger partial charge in [0.15, 0.2) is 0 Å². The molecule has 0 aliphatic carbocycles. The predicted molar refractivity (Wildman–Crippen MR) is 88.5 cm³/mol. The molecule has 2 N–H and O–H groups in total. The van der Waals surface area contributed by atoms with E-state index in [1.54, 1.807) is 39.1 Å². The van der Waals surface area contributed by atoms with Crippen LogP contribution in [0.5, 0.6) is 0 Å². The summed E-state index contributed by atoms with van der Waals surface area (Å²) in [6.07, 6.45) is 1.03. The van der Waals surface area contributed by atoms with Gasteiger partial charge in [0.2, 0.25) is 0 Å². The molecular formula is C17H19N3O4. The van der Waals surface area contributed by atoms with E-state index >= 15 is 0 Å². The van der Waals surface area contributed by atoms with Crippen molar-refractivity contribution in [2.24, 2.45) is 0 Å². The summed E-state index contributed by atoms with van der Waals surface area (Å²) in [6, 6.07) is 3.40. The van der Waals surface area contributed by atoms with Gasteiger partial charge in [0.25, 0.3) is 0 Å². The Balaban J connectivity index is 2.11. The van der Waals surface area contributed by atoms with Gasteiger partial charge in [-0.25, -0.2) is 9.59 Å². The van der Waals surface area contributed by atoms with Crippen LogP contribution in [0.2, 0.25) is 0 Å². The number of benzene rings is 1. The van der Waals surface area contributed by atoms with Gasteiger partial charge in [-0.3, -0.25) is 5.10 Å². The van der Waals surface area contributed by atoms with Crippen LogP contribution in [0.25, 0.3) is 10.9 Å². The quantitative estimate of drug-likeness (QED) is 0.651. The fourth-order valence-corrected chi connectivity index (χ4v) is 1.98. The highest BCUT2D eigenvalue weighted by atomic mass is 16.6. The first-order chi connectivity index (χ1) is 11.3. The Kier molecular flexibility index (Phi) is 5.09. The van der Waals surface area contributed by atoms with Crippen LogP contribution in [-0.4, -0.2) is 41.5 Å². The molecular weight excluding hydrogens is 310 g/mol. The normalized spacial score (nSPS) is 10.7. The minimum absolute atomic E-state index is 0.128. The Labute approximate surface area is 139 Å². The smallest absolute Gasteiger partial charge is 0.408 e. The van der Waals surface area contributed by atoms with Crippen LogP contribution in [0.4, 0.5) is 4.79 Å². The van der Waals surface area contributed by atoms with E-state index in [4.69, 9.17) is 9.47 Å². The van der Waals surface area contributed by atoms with Crippen LogP contribution in [0.1, 0.15) is 36.7 Å². The zero-order chi connectivity index (χ0) is 17.7. The van der Waals surface area contributed by atoms with Gasteiger partial charge in [-0.1, -0.05) is 11.8 Å².